The fourth-order valence-electron chi connectivity index (χ4n) is 6.42. The molecule has 0 saturated carbocycles. The second kappa shape index (κ2) is 15.3. The molecule has 264 valence electrons. The zero-order valence-electron chi connectivity index (χ0n) is 27.5. The van der Waals surface area contributed by atoms with Gasteiger partial charge in [-0.15, -0.1) is 0 Å². The standard InChI is InChI=1S/C38H34F3N3O6S/c1-51(47,48)50-37(33(27-15-8-16-28(39)21-27)29-17-9-18-30(40)34(29)41)31-19-10-20-44(31)38(46)35-36(45)32(49-24-26-13-6-3-7-14-26)23-43(42-35)22-25-11-4-2-5-12-25/h2-9,11-18,21,23,31,33,37H,10,19-20,22,24H2,1H3/t31-,33?,37?/m1/s1. The highest BCUT2D eigenvalue weighted by molar-refractivity contribution is 7.86. The van der Waals surface area contributed by atoms with Gasteiger partial charge in [0.25, 0.3) is 21.5 Å². The number of hydrogen-bond acceptors (Lipinski definition) is 7. The van der Waals surface area contributed by atoms with Gasteiger partial charge >= 0.3 is 0 Å². The molecular formula is C38H34F3N3O6S. The first kappa shape index (κ1) is 35.6. The fourth-order valence-corrected chi connectivity index (χ4v) is 7.06. The van der Waals surface area contributed by atoms with Gasteiger partial charge in [0.1, 0.15) is 18.5 Å². The molecule has 1 amide bonds. The molecule has 0 aliphatic carbocycles. The quantitative estimate of drug-likeness (QED) is 0.144. The van der Waals surface area contributed by atoms with Crippen LogP contribution < -0.4 is 10.2 Å². The van der Waals surface area contributed by atoms with Crippen LogP contribution in [0.4, 0.5) is 13.2 Å². The zero-order valence-corrected chi connectivity index (χ0v) is 28.3. The molecule has 4 aromatic carbocycles. The van der Waals surface area contributed by atoms with Crippen molar-refractivity contribution in [1.82, 2.24) is 14.7 Å². The highest BCUT2D eigenvalue weighted by Gasteiger charge is 2.44. The van der Waals surface area contributed by atoms with Crippen molar-refractivity contribution in [1.29, 1.82) is 0 Å². The van der Waals surface area contributed by atoms with Crippen molar-refractivity contribution in [2.75, 3.05) is 12.8 Å². The van der Waals surface area contributed by atoms with Crippen LogP contribution in [-0.4, -0.2) is 54.0 Å². The van der Waals surface area contributed by atoms with Crippen molar-refractivity contribution in [3.05, 3.63) is 165 Å². The minimum Gasteiger partial charge on any atom is -0.483 e. The van der Waals surface area contributed by atoms with Crippen molar-refractivity contribution in [3.8, 4) is 5.75 Å². The number of ether oxygens (including phenoxy) is 1. The molecule has 51 heavy (non-hydrogen) atoms. The van der Waals surface area contributed by atoms with E-state index in [0.717, 1.165) is 35.6 Å². The van der Waals surface area contributed by atoms with Gasteiger partial charge in [0.15, 0.2) is 23.1 Å². The van der Waals surface area contributed by atoms with Crippen LogP contribution in [-0.2, 0) is 27.5 Å². The van der Waals surface area contributed by atoms with Gasteiger partial charge in [0, 0.05) is 18.0 Å². The van der Waals surface area contributed by atoms with Gasteiger partial charge in [-0.3, -0.25) is 18.5 Å². The van der Waals surface area contributed by atoms with Gasteiger partial charge in [-0.05, 0) is 47.7 Å². The summed E-state index contributed by atoms with van der Waals surface area (Å²) in [5.74, 6) is -5.56. The highest BCUT2D eigenvalue weighted by atomic mass is 32.2. The van der Waals surface area contributed by atoms with E-state index in [1.165, 1.54) is 40.0 Å². The topological polar surface area (TPSA) is 108 Å². The average Bonchev–Trinajstić information content (AvgIpc) is 3.60. The summed E-state index contributed by atoms with van der Waals surface area (Å²) in [5, 5.41) is 4.41. The van der Waals surface area contributed by atoms with E-state index in [1.54, 1.807) is 0 Å². The molecule has 0 N–H and O–H groups in total. The number of nitrogens with zero attached hydrogens (tertiary/aromatic N) is 3. The van der Waals surface area contributed by atoms with Crippen LogP contribution in [0.3, 0.4) is 0 Å². The van der Waals surface area contributed by atoms with Crippen molar-refractivity contribution in [2.24, 2.45) is 0 Å². The third-order valence-corrected chi connectivity index (χ3v) is 9.21. The minimum absolute atomic E-state index is 0.0319. The highest BCUT2D eigenvalue weighted by Crippen LogP contribution is 2.39. The van der Waals surface area contributed by atoms with Crippen LogP contribution in [0.15, 0.2) is 114 Å². The molecule has 6 rings (SSSR count). The van der Waals surface area contributed by atoms with Crippen LogP contribution in [0.1, 0.15) is 51.5 Å². The Hall–Kier alpha value is -5.27. The van der Waals surface area contributed by atoms with E-state index in [2.05, 4.69) is 5.10 Å². The SMILES string of the molecule is CS(=O)(=O)OC(C(c1cccc(F)c1)c1cccc(F)c1F)[C@H]1CCCN1C(=O)c1nn(Cc2ccccc2)cc(OCc2ccccc2)c1=O. The Labute approximate surface area is 293 Å². The Kier molecular flexibility index (Phi) is 10.7. The lowest BCUT2D eigenvalue weighted by Gasteiger charge is -2.36. The molecule has 1 saturated heterocycles. The number of halogens is 3. The Balaban J connectivity index is 1.44. The fraction of sp³-hybridized carbons (Fsp3) is 0.237. The normalized spacial score (nSPS) is 15.8. The van der Waals surface area contributed by atoms with Crippen molar-refractivity contribution < 1.29 is 35.3 Å². The smallest absolute Gasteiger partial charge is 0.278 e. The molecular weight excluding hydrogens is 683 g/mol. The molecule has 9 nitrogen and oxygen atoms in total. The Morgan fingerprint density at radius 1 is 0.922 bits per heavy atom. The Morgan fingerprint density at radius 2 is 1.61 bits per heavy atom. The molecule has 2 unspecified atom stereocenters. The molecule has 5 aromatic rings. The monoisotopic (exact) mass is 717 g/mol. The third kappa shape index (κ3) is 8.38. The van der Waals surface area contributed by atoms with E-state index in [1.807, 2.05) is 60.7 Å². The van der Waals surface area contributed by atoms with Gasteiger partial charge < -0.3 is 9.64 Å². The lowest BCUT2D eigenvalue weighted by atomic mass is 9.82. The first-order valence-corrected chi connectivity index (χ1v) is 18.0. The van der Waals surface area contributed by atoms with Crippen LogP contribution >= 0.6 is 0 Å². The second-order valence-corrected chi connectivity index (χ2v) is 13.9. The predicted octanol–water partition coefficient (Wildman–Crippen LogP) is 6.07. The molecule has 1 aliphatic rings. The summed E-state index contributed by atoms with van der Waals surface area (Å²) in [6, 6.07) is 25.7. The number of rotatable bonds is 12. The summed E-state index contributed by atoms with van der Waals surface area (Å²) in [6.45, 7) is 0.278. The minimum atomic E-state index is -4.31. The maximum Gasteiger partial charge on any atom is 0.278 e. The lowest BCUT2D eigenvalue weighted by Crippen LogP contribution is -2.48. The number of benzene rings is 4. The zero-order chi connectivity index (χ0) is 36.1. The number of carbonyl (C=O) groups excluding carboxylic acids is 1. The average molecular weight is 718 g/mol. The molecule has 13 heteroatoms. The van der Waals surface area contributed by atoms with Crippen LogP contribution in [0, 0.1) is 17.5 Å². The largest absolute Gasteiger partial charge is 0.483 e. The van der Waals surface area contributed by atoms with E-state index >= 15 is 4.39 Å². The molecule has 1 aliphatic heterocycles. The van der Waals surface area contributed by atoms with Gasteiger partial charge in [0.05, 0.1) is 25.0 Å². The number of carbonyl (C=O) groups is 1. The summed E-state index contributed by atoms with van der Waals surface area (Å²) in [4.78, 5) is 29.6. The van der Waals surface area contributed by atoms with E-state index < -0.39 is 62.7 Å². The number of likely N-dealkylation sites (tertiary alicyclic amines) is 1. The van der Waals surface area contributed by atoms with E-state index in [-0.39, 0.29) is 43.0 Å². The van der Waals surface area contributed by atoms with Gasteiger partial charge in [-0.2, -0.15) is 13.5 Å². The first-order valence-electron chi connectivity index (χ1n) is 16.2. The summed E-state index contributed by atoms with van der Waals surface area (Å²) in [5.41, 5.74) is 0.131. The van der Waals surface area contributed by atoms with Crippen molar-refractivity contribution in [2.45, 2.75) is 44.1 Å². The predicted molar refractivity (Wildman–Crippen MR) is 183 cm³/mol. The molecule has 1 aromatic heterocycles. The van der Waals surface area contributed by atoms with Gasteiger partial charge in [0.2, 0.25) is 0 Å². The van der Waals surface area contributed by atoms with E-state index in [4.69, 9.17) is 8.92 Å². The summed E-state index contributed by atoms with van der Waals surface area (Å²) < 4.78 is 83.4. The summed E-state index contributed by atoms with van der Waals surface area (Å²) >= 11 is 0. The molecule has 2 heterocycles. The van der Waals surface area contributed by atoms with E-state index in [0.29, 0.717) is 6.42 Å². The Bertz CT molecular complexity index is 2180. The van der Waals surface area contributed by atoms with E-state index in [9.17, 15) is 26.8 Å². The number of aromatic nitrogens is 2. The first-order chi connectivity index (χ1) is 24.5. The van der Waals surface area contributed by atoms with Crippen LogP contribution in [0.2, 0.25) is 0 Å². The number of hydrogen-bond donors (Lipinski definition) is 0. The molecule has 0 spiro atoms. The summed E-state index contributed by atoms with van der Waals surface area (Å²) in [7, 11) is -4.31. The molecule has 3 atom stereocenters. The second-order valence-electron chi connectivity index (χ2n) is 12.3. The third-order valence-electron chi connectivity index (χ3n) is 8.64. The van der Waals surface area contributed by atoms with Gasteiger partial charge in [-0.1, -0.05) is 84.9 Å². The van der Waals surface area contributed by atoms with Crippen molar-refractivity contribution in [3.63, 3.8) is 0 Å². The lowest BCUT2D eigenvalue weighted by molar-refractivity contribution is 0.0523. The van der Waals surface area contributed by atoms with Gasteiger partial charge in [-0.25, -0.2) is 13.2 Å². The maximum absolute atomic E-state index is 15.5. The van der Waals surface area contributed by atoms with Crippen LogP contribution in [0.5, 0.6) is 5.75 Å². The molecule has 1 fully saturated rings. The molecule has 0 radical (unpaired) electrons. The summed E-state index contributed by atoms with van der Waals surface area (Å²) in [6.07, 6.45) is 1.16. The molecule has 0 bridgehead atoms. The number of amides is 1. The Morgan fingerprint density at radius 3 is 2.29 bits per heavy atom. The van der Waals surface area contributed by atoms with Crippen LogP contribution in [0.25, 0.3) is 0 Å². The maximum atomic E-state index is 15.5. The van der Waals surface area contributed by atoms with Crippen molar-refractivity contribution >= 4 is 16.0 Å².